The van der Waals surface area contributed by atoms with Crippen molar-refractivity contribution in [1.29, 1.82) is 0 Å². The lowest BCUT2D eigenvalue weighted by molar-refractivity contribution is -0.138. The molecule has 0 atom stereocenters. The van der Waals surface area contributed by atoms with Crippen LogP contribution in [0, 0.1) is 6.92 Å². The summed E-state index contributed by atoms with van der Waals surface area (Å²) in [7, 11) is 3.40. The normalized spacial score (nSPS) is 14.6. The van der Waals surface area contributed by atoms with Crippen LogP contribution in [-0.2, 0) is 20.8 Å². The second kappa shape index (κ2) is 11.5. The molecule has 156 valence electrons. The summed E-state index contributed by atoms with van der Waals surface area (Å²) in [4.78, 5) is 21.5. The molecule has 0 aromatic carbocycles. The monoisotopic (exact) mass is 446 g/mol. The summed E-state index contributed by atoms with van der Waals surface area (Å²) in [5.74, 6) is -0.291. The van der Waals surface area contributed by atoms with Crippen LogP contribution < -0.4 is 5.32 Å². The van der Waals surface area contributed by atoms with E-state index in [1.165, 1.54) is 13.5 Å². The lowest BCUT2D eigenvalue weighted by Crippen LogP contribution is -2.52. The fourth-order valence-corrected chi connectivity index (χ4v) is 3.15. The number of halogens is 1. The van der Waals surface area contributed by atoms with Gasteiger partial charge in [0, 0.05) is 18.3 Å². The molecule has 1 aliphatic rings. The van der Waals surface area contributed by atoms with E-state index in [9.17, 15) is 9.59 Å². The van der Waals surface area contributed by atoms with Crippen molar-refractivity contribution in [1.82, 2.24) is 9.88 Å². The zero-order valence-electron chi connectivity index (χ0n) is 17.9. The molecule has 1 aliphatic carbocycles. The predicted octanol–water partition coefficient (Wildman–Crippen LogP) is 4.47. The average molecular weight is 447 g/mol. The number of likely N-dealkylation sites (N-methyl/N-ethyl adjacent to an activating group) is 1. The molecule has 1 aromatic rings. The second-order valence-electron chi connectivity index (χ2n) is 7.30. The average Bonchev–Trinajstić information content (AvgIpc) is 2.86. The first-order chi connectivity index (χ1) is 12.6. The Hall–Kier alpha value is -1.34. The number of hydrogen-bond donors (Lipinski definition) is 1. The van der Waals surface area contributed by atoms with Gasteiger partial charge in [-0.2, -0.15) is 0 Å². The van der Waals surface area contributed by atoms with Crippen molar-refractivity contribution in [3.05, 3.63) is 21.9 Å². The van der Waals surface area contributed by atoms with Gasteiger partial charge >= 0.3 is 5.97 Å². The molecule has 1 aromatic heterocycles. The topological polar surface area (TPSA) is 69.6 Å². The van der Waals surface area contributed by atoms with Crippen LogP contribution in [0.15, 0.2) is 10.7 Å². The number of aryl methyl sites for hydroxylation is 1. The molecular weight excluding hydrogens is 412 g/mol. The van der Waals surface area contributed by atoms with E-state index in [-0.39, 0.29) is 17.1 Å². The van der Waals surface area contributed by atoms with Gasteiger partial charge < -0.3 is 19.4 Å². The van der Waals surface area contributed by atoms with Crippen LogP contribution in [-0.4, -0.2) is 42.3 Å². The van der Waals surface area contributed by atoms with Gasteiger partial charge in [0.2, 0.25) is 0 Å². The molecule has 27 heavy (non-hydrogen) atoms. The van der Waals surface area contributed by atoms with Crippen LogP contribution in [0.1, 0.15) is 69.9 Å². The first-order valence-corrected chi connectivity index (χ1v) is 10.1. The molecule has 1 fully saturated rings. The molecule has 0 unspecified atom stereocenters. The number of esters is 1. The number of carbonyl (C=O) groups is 2. The smallest absolute Gasteiger partial charge is 0.355 e. The van der Waals surface area contributed by atoms with Gasteiger partial charge in [0.05, 0.1) is 11.6 Å². The molecule has 0 saturated heterocycles. The number of methoxy groups -OCH3 is 1. The fourth-order valence-electron chi connectivity index (χ4n) is 2.66. The third-order valence-electron chi connectivity index (χ3n) is 4.29. The highest BCUT2D eigenvalue weighted by molar-refractivity contribution is 9.10. The van der Waals surface area contributed by atoms with Crippen molar-refractivity contribution >= 4 is 28.4 Å². The van der Waals surface area contributed by atoms with Gasteiger partial charge in [-0.05, 0) is 75.5 Å². The quantitative estimate of drug-likeness (QED) is 0.533. The second-order valence-corrected chi connectivity index (χ2v) is 8.10. The molecule has 0 bridgehead atoms. The van der Waals surface area contributed by atoms with Gasteiger partial charge in [-0.15, -0.1) is 0 Å². The largest absolute Gasteiger partial charge is 0.464 e. The third-order valence-corrected chi connectivity index (χ3v) is 5.29. The molecule has 0 spiro atoms. The van der Waals surface area contributed by atoms with E-state index in [1.54, 1.807) is 0 Å². The number of nitrogens with one attached hydrogen (secondary N) is 1. The van der Waals surface area contributed by atoms with E-state index in [2.05, 4.69) is 26.0 Å². The van der Waals surface area contributed by atoms with Crippen LogP contribution in [0.5, 0.6) is 0 Å². The Kier molecular flexibility index (Phi) is 10.9. The van der Waals surface area contributed by atoms with Gasteiger partial charge in [-0.3, -0.25) is 4.79 Å². The minimum Gasteiger partial charge on any atom is -0.464 e. The minimum absolute atomic E-state index is 0.133. The summed E-state index contributed by atoms with van der Waals surface area (Å²) < 4.78 is 12.2. The number of carbonyl (C=O) groups excluding carboxylic acids is 2. The van der Waals surface area contributed by atoms with Gasteiger partial charge in [-0.1, -0.05) is 13.8 Å². The molecule has 1 N–H and O–H groups in total. The summed E-state index contributed by atoms with van der Waals surface area (Å²) in [6.07, 6.45) is 5.56. The summed E-state index contributed by atoms with van der Waals surface area (Å²) in [5.41, 5.74) is 1.48. The fraction of sp³-hybridized carbons (Fsp3) is 0.700. The van der Waals surface area contributed by atoms with Crippen molar-refractivity contribution in [3.8, 4) is 0 Å². The van der Waals surface area contributed by atoms with Gasteiger partial charge in [0.1, 0.15) is 11.3 Å². The van der Waals surface area contributed by atoms with Crippen LogP contribution in [0.3, 0.4) is 0 Å². The molecule has 1 saturated carbocycles. The standard InChI is InChI=1S/C13H19BrN2O2.C5H10O2.C2H6/c1-9-7-16(8-13(15-2)5-4-6-13)11(10(9)14)12(17)18-3;1-5(2,3)7-4-6;1-2/h7,15H,4-6,8H2,1-3H3;4H,1-3H3;1-2H3. The lowest BCUT2D eigenvalue weighted by Gasteiger charge is -2.42. The molecule has 0 amide bonds. The van der Waals surface area contributed by atoms with Crippen molar-refractivity contribution < 1.29 is 19.1 Å². The highest BCUT2D eigenvalue weighted by Gasteiger charge is 2.36. The SMILES string of the molecule is CC.CC(C)(C)OC=O.CNC1(Cn2cc(C)c(Br)c2C(=O)OC)CCC1. The Morgan fingerprint density at radius 2 is 1.93 bits per heavy atom. The number of rotatable bonds is 5. The Labute approximate surface area is 172 Å². The molecule has 2 rings (SSSR count). The van der Waals surface area contributed by atoms with Crippen molar-refractivity contribution in [2.45, 2.75) is 78.5 Å². The molecule has 0 aliphatic heterocycles. The Balaban J connectivity index is 0.000000637. The van der Waals surface area contributed by atoms with Gasteiger partial charge in [-0.25, -0.2) is 4.79 Å². The predicted molar refractivity (Wildman–Crippen MR) is 112 cm³/mol. The van der Waals surface area contributed by atoms with E-state index in [1.807, 2.05) is 59.4 Å². The number of ether oxygens (including phenoxy) is 2. The van der Waals surface area contributed by atoms with Crippen molar-refractivity contribution in [3.63, 3.8) is 0 Å². The maximum atomic E-state index is 11.9. The van der Waals surface area contributed by atoms with E-state index in [0.29, 0.717) is 12.2 Å². The Morgan fingerprint density at radius 3 is 2.22 bits per heavy atom. The minimum atomic E-state index is -0.318. The summed E-state index contributed by atoms with van der Waals surface area (Å²) >= 11 is 3.47. The van der Waals surface area contributed by atoms with E-state index in [0.717, 1.165) is 29.4 Å². The highest BCUT2D eigenvalue weighted by Crippen LogP contribution is 2.35. The Morgan fingerprint density at radius 1 is 1.37 bits per heavy atom. The first-order valence-electron chi connectivity index (χ1n) is 9.33. The maximum absolute atomic E-state index is 11.9. The lowest BCUT2D eigenvalue weighted by atomic mass is 9.77. The van der Waals surface area contributed by atoms with E-state index < -0.39 is 0 Å². The summed E-state index contributed by atoms with van der Waals surface area (Å²) in [6, 6.07) is 0. The van der Waals surface area contributed by atoms with Crippen LogP contribution in [0.4, 0.5) is 0 Å². The molecular formula is C20H35BrN2O4. The summed E-state index contributed by atoms with van der Waals surface area (Å²) in [5, 5.41) is 3.39. The zero-order valence-corrected chi connectivity index (χ0v) is 19.5. The maximum Gasteiger partial charge on any atom is 0.355 e. The third kappa shape index (κ3) is 7.66. The van der Waals surface area contributed by atoms with E-state index in [4.69, 9.17) is 4.74 Å². The number of aromatic nitrogens is 1. The summed E-state index contributed by atoms with van der Waals surface area (Å²) in [6.45, 7) is 12.7. The molecule has 6 nitrogen and oxygen atoms in total. The molecule has 0 radical (unpaired) electrons. The number of nitrogens with zero attached hydrogens (tertiary/aromatic N) is 1. The van der Waals surface area contributed by atoms with Gasteiger partial charge in [0.25, 0.3) is 6.47 Å². The zero-order chi connectivity index (χ0) is 21.3. The van der Waals surface area contributed by atoms with Crippen molar-refractivity contribution in [2.75, 3.05) is 14.2 Å². The van der Waals surface area contributed by atoms with Crippen molar-refractivity contribution in [2.24, 2.45) is 0 Å². The van der Waals surface area contributed by atoms with Crippen LogP contribution in [0.25, 0.3) is 0 Å². The van der Waals surface area contributed by atoms with Gasteiger partial charge in [0.15, 0.2) is 0 Å². The first kappa shape index (κ1) is 25.7. The van der Waals surface area contributed by atoms with E-state index >= 15 is 0 Å². The molecule has 7 heteroatoms. The number of hydrogen-bond acceptors (Lipinski definition) is 5. The van der Waals surface area contributed by atoms with Crippen LogP contribution >= 0.6 is 15.9 Å². The molecule has 1 heterocycles. The van der Waals surface area contributed by atoms with Crippen LogP contribution in [0.2, 0.25) is 0 Å². The Bertz CT molecular complexity index is 596. The highest BCUT2D eigenvalue weighted by atomic mass is 79.9.